The van der Waals surface area contributed by atoms with Gasteiger partial charge in [-0.1, -0.05) is 18.2 Å². The molecule has 0 aliphatic carbocycles. The molecule has 4 nitrogen and oxygen atoms in total. The molecular weight excluding hydrogens is 313 g/mol. The largest absolute Gasteiger partial charge is 0.305 e. The maximum Gasteiger partial charge on any atom is 0.260 e. The van der Waals surface area contributed by atoms with E-state index in [1.165, 1.54) is 23.5 Å². The average Bonchev–Trinajstić information content (AvgIpc) is 3.01. The van der Waals surface area contributed by atoms with Crippen LogP contribution in [-0.2, 0) is 0 Å². The minimum atomic E-state index is -0.308. The highest BCUT2D eigenvalue weighted by molar-refractivity contribution is 7.17. The predicted molar refractivity (Wildman–Crippen MR) is 88.9 cm³/mol. The first-order valence-electron chi connectivity index (χ1n) is 6.91. The van der Waals surface area contributed by atoms with E-state index in [4.69, 9.17) is 0 Å². The molecule has 0 aliphatic rings. The van der Waals surface area contributed by atoms with Crippen LogP contribution in [0, 0.1) is 5.82 Å². The van der Waals surface area contributed by atoms with Crippen LogP contribution < -0.4 is 5.56 Å². The van der Waals surface area contributed by atoms with Gasteiger partial charge < -0.3 is 4.98 Å². The summed E-state index contributed by atoms with van der Waals surface area (Å²) in [6.45, 7) is 0. The Morgan fingerprint density at radius 2 is 1.91 bits per heavy atom. The van der Waals surface area contributed by atoms with Gasteiger partial charge in [-0.05, 0) is 29.8 Å². The number of nitrogens with one attached hydrogen (secondary N) is 1. The van der Waals surface area contributed by atoms with E-state index in [2.05, 4.69) is 15.0 Å². The van der Waals surface area contributed by atoms with Crippen molar-refractivity contribution < 1.29 is 4.39 Å². The van der Waals surface area contributed by atoms with Gasteiger partial charge in [-0.3, -0.25) is 9.78 Å². The van der Waals surface area contributed by atoms with Crippen LogP contribution in [0.2, 0.25) is 0 Å². The molecule has 0 fully saturated rings. The number of nitrogens with zero attached hydrogens (tertiary/aromatic N) is 2. The lowest BCUT2D eigenvalue weighted by Gasteiger charge is -2.02. The lowest BCUT2D eigenvalue weighted by Crippen LogP contribution is -2.09. The van der Waals surface area contributed by atoms with Gasteiger partial charge in [-0.25, -0.2) is 9.37 Å². The van der Waals surface area contributed by atoms with Crippen LogP contribution in [-0.4, -0.2) is 15.0 Å². The lowest BCUT2D eigenvalue weighted by molar-refractivity contribution is 0.628. The quantitative estimate of drug-likeness (QED) is 0.609. The number of rotatable bonds is 2. The molecule has 0 saturated carbocycles. The Bertz CT molecular complexity index is 1040. The second-order valence-corrected chi connectivity index (χ2v) is 5.82. The molecule has 4 rings (SSSR count). The Kier molecular flexibility index (Phi) is 3.24. The van der Waals surface area contributed by atoms with Crippen molar-refractivity contribution in [2.24, 2.45) is 0 Å². The lowest BCUT2D eigenvalue weighted by atomic mass is 10.1. The number of thiophene rings is 1. The molecule has 0 bridgehead atoms. The van der Waals surface area contributed by atoms with Crippen LogP contribution in [0.4, 0.5) is 4.39 Å². The second-order valence-electron chi connectivity index (χ2n) is 4.97. The molecular formula is C17H10FN3OS. The molecule has 6 heteroatoms. The molecule has 0 aliphatic heterocycles. The van der Waals surface area contributed by atoms with Gasteiger partial charge in [0.05, 0.1) is 5.39 Å². The van der Waals surface area contributed by atoms with Crippen molar-refractivity contribution in [2.75, 3.05) is 0 Å². The van der Waals surface area contributed by atoms with E-state index in [1.807, 2.05) is 11.4 Å². The maximum atomic E-state index is 13.1. The Morgan fingerprint density at radius 3 is 2.65 bits per heavy atom. The number of aromatic amines is 1. The van der Waals surface area contributed by atoms with Crippen LogP contribution in [0.25, 0.3) is 32.9 Å². The molecule has 23 heavy (non-hydrogen) atoms. The zero-order chi connectivity index (χ0) is 15.8. The van der Waals surface area contributed by atoms with Crippen LogP contribution in [0.5, 0.6) is 0 Å². The van der Waals surface area contributed by atoms with Crippen LogP contribution in [0.15, 0.2) is 58.8 Å². The number of benzene rings is 1. The number of hydrogen-bond donors (Lipinski definition) is 1. The molecule has 1 N–H and O–H groups in total. The van der Waals surface area contributed by atoms with E-state index in [9.17, 15) is 9.18 Å². The van der Waals surface area contributed by atoms with Crippen molar-refractivity contribution >= 4 is 21.6 Å². The summed E-state index contributed by atoms with van der Waals surface area (Å²) in [5, 5.41) is 2.38. The Labute approximate surface area is 134 Å². The van der Waals surface area contributed by atoms with Crippen molar-refractivity contribution in [1.82, 2.24) is 15.0 Å². The second kappa shape index (κ2) is 5.40. The van der Waals surface area contributed by atoms with Gasteiger partial charge in [0, 0.05) is 17.1 Å². The summed E-state index contributed by atoms with van der Waals surface area (Å²) < 4.78 is 13.1. The topological polar surface area (TPSA) is 58.6 Å². The first kappa shape index (κ1) is 13.8. The average molecular weight is 323 g/mol. The van der Waals surface area contributed by atoms with E-state index >= 15 is 0 Å². The summed E-state index contributed by atoms with van der Waals surface area (Å²) in [6.07, 6.45) is 1.65. The van der Waals surface area contributed by atoms with Gasteiger partial charge in [0.2, 0.25) is 0 Å². The fourth-order valence-electron chi connectivity index (χ4n) is 2.41. The number of H-pyrrole nitrogens is 1. The molecule has 1 aromatic carbocycles. The molecule has 112 valence electrons. The van der Waals surface area contributed by atoms with Gasteiger partial charge in [-0.15, -0.1) is 11.3 Å². The van der Waals surface area contributed by atoms with E-state index in [0.717, 1.165) is 11.1 Å². The zero-order valence-electron chi connectivity index (χ0n) is 11.8. The first-order valence-corrected chi connectivity index (χ1v) is 7.79. The third kappa shape index (κ3) is 2.43. The van der Waals surface area contributed by atoms with Gasteiger partial charge >= 0.3 is 0 Å². The Hall–Kier alpha value is -2.86. The van der Waals surface area contributed by atoms with Crippen LogP contribution >= 0.6 is 11.3 Å². The highest BCUT2D eigenvalue weighted by atomic mass is 32.1. The summed E-state index contributed by atoms with van der Waals surface area (Å²) >= 11 is 1.38. The molecule has 0 radical (unpaired) electrons. The summed E-state index contributed by atoms with van der Waals surface area (Å²) in [5.41, 5.74) is 1.93. The molecule has 3 aromatic heterocycles. The molecule has 0 unspecified atom stereocenters. The number of hydrogen-bond acceptors (Lipinski definition) is 4. The fourth-order valence-corrected chi connectivity index (χ4v) is 3.36. The van der Waals surface area contributed by atoms with Crippen molar-refractivity contribution in [3.8, 4) is 22.6 Å². The van der Waals surface area contributed by atoms with Crippen molar-refractivity contribution in [2.45, 2.75) is 0 Å². The van der Waals surface area contributed by atoms with Crippen LogP contribution in [0.3, 0.4) is 0 Å². The summed E-state index contributed by atoms with van der Waals surface area (Å²) in [4.78, 5) is 24.6. The van der Waals surface area contributed by atoms with E-state index in [1.54, 1.807) is 30.5 Å². The third-order valence-corrected chi connectivity index (χ3v) is 4.38. The van der Waals surface area contributed by atoms with Crippen molar-refractivity contribution in [3.05, 3.63) is 70.2 Å². The van der Waals surface area contributed by atoms with Gasteiger partial charge in [0.15, 0.2) is 5.82 Å². The number of pyridine rings is 1. The number of aromatic nitrogens is 3. The molecule has 4 aromatic rings. The summed E-state index contributed by atoms with van der Waals surface area (Å²) in [7, 11) is 0. The monoisotopic (exact) mass is 323 g/mol. The van der Waals surface area contributed by atoms with E-state index in [0.29, 0.717) is 21.7 Å². The minimum Gasteiger partial charge on any atom is -0.305 e. The maximum absolute atomic E-state index is 13.1. The molecule has 0 spiro atoms. The normalized spacial score (nSPS) is 11.0. The highest BCUT2D eigenvalue weighted by Crippen LogP contribution is 2.31. The zero-order valence-corrected chi connectivity index (χ0v) is 12.6. The smallest absolute Gasteiger partial charge is 0.260 e. The van der Waals surface area contributed by atoms with Crippen molar-refractivity contribution in [1.29, 1.82) is 0 Å². The summed E-state index contributed by atoms with van der Waals surface area (Å²) in [5.74, 6) is 0.133. The van der Waals surface area contributed by atoms with Gasteiger partial charge in [0.25, 0.3) is 5.56 Å². The summed E-state index contributed by atoms with van der Waals surface area (Å²) in [6, 6.07) is 11.5. The number of halogens is 1. The van der Waals surface area contributed by atoms with Gasteiger partial charge in [0.1, 0.15) is 16.3 Å². The first-order chi connectivity index (χ1) is 11.2. The minimum absolute atomic E-state index is 0.226. The molecule has 0 saturated heterocycles. The third-order valence-electron chi connectivity index (χ3n) is 3.51. The molecule has 0 amide bonds. The number of fused-ring (bicyclic) bond motifs is 1. The van der Waals surface area contributed by atoms with Gasteiger partial charge in [-0.2, -0.15) is 0 Å². The van der Waals surface area contributed by atoms with E-state index < -0.39 is 0 Å². The van der Waals surface area contributed by atoms with Crippen LogP contribution in [0.1, 0.15) is 0 Å². The Morgan fingerprint density at radius 1 is 1.09 bits per heavy atom. The SMILES string of the molecule is O=c1[nH]c(-c2ccccn2)nc2scc(-c3ccc(F)cc3)c12. The predicted octanol–water partition coefficient (Wildman–Crippen LogP) is 3.85. The fraction of sp³-hybridized carbons (Fsp3) is 0. The highest BCUT2D eigenvalue weighted by Gasteiger charge is 2.14. The van der Waals surface area contributed by atoms with Crippen molar-refractivity contribution in [3.63, 3.8) is 0 Å². The van der Waals surface area contributed by atoms with E-state index in [-0.39, 0.29) is 11.4 Å². The molecule has 3 heterocycles. The molecule has 0 atom stereocenters. The standard InChI is InChI=1S/C17H10FN3OS/c18-11-6-4-10(5-7-11)12-9-23-17-14(12)16(22)20-15(21-17)13-3-1-2-8-19-13/h1-9H,(H,20,21,22). The Balaban J connectivity index is 1.91.